The summed E-state index contributed by atoms with van der Waals surface area (Å²) >= 11 is 0. The third-order valence-electron chi connectivity index (χ3n) is 5.09. The van der Waals surface area contributed by atoms with Crippen molar-refractivity contribution in [1.82, 2.24) is 0 Å². The van der Waals surface area contributed by atoms with Gasteiger partial charge >= 0.3 is 0 Å². The summed E-state index contributed by atoms with van der Waals surface area (Å²) in [5, 5.41) is 3.16. The summed E-state index contributed by atoms with van der Waals surface area (Å²) in [7, 11) is 0. The van der Waals surface area contributed by atoms with Crippen LogP contribution in [-0.2, 0) is 9.59 Å². The second-order valence-corrected chi connectivity index (χ2v) is 7.41. The Morgan fingerprint density at radius 1 is 0.767 bits per heavy atom. The molecule has 5 nitrogen and oxygen atoms in total. The summed E-state index contributed by atoms with van der Waals surface area (Å²) in [6, 6.07) is 14.9. The van der Waals surface area contributed by atoms with E-state index in [0.717, 1.165) is 31.4 Å². The zero-order valence-electron chi connectivity index (χ0n) is 16.9. The fourth-order valence-corrected chi connectivity index (χ4v) is 3.61. The lowest BCUT2D eigenvalue weighted by atomic mass is 10.0. The molecule has 1 aliphatic heterocycles. The molecule has 0 aromatic heterocycles. The molecule has 0 saturated heterocycles. The molecule has 2 aromatic rings. The molecule has 0 radical (unpaired) electrons. The number of carbonyl (C=O) groups excluding carboxylic acids is 2. The van der Waals surface area contributed by atoms with Crippen molar-refractivity contribution in [2.24, 2.45) is 0 Å². The van der Waals surface area contributed by atoms with Crippen LogP contribution in [0, 0.1) is 0 Å². The van der Waals surface area contributed by atoms with Gasteiger partial charge < -0.3 is 14.8 Å². The Hall–Kier alpha value is -3.34. The summed E-state index contributed by atoms with van der Waals surface area (Å²) < 4.78 is 11.7. The standard InChI is InChI=1S/C25H25NO4/c27-22-17-23(28)25-24(22)18-9-7-11-20(15-18)29-13-5-3-1-2-4-6-14-30-21-12-8-10-19(16-21)26-25/h1-2,7-12,15-16,26H,3-6,13-14,17H2/b2-1-. The number of nitrogens with one attached hydrogen (secondary N) is 1. The van der Waals surface area contributed by atoms with Crippen LogP contribution in [0.5, 0.6) is 11.5 Å². The van der Waals surface area contributed by atoms with E-state index in [1.165, 1.54) is 0 Å². The molecule has 2 aliphatic rings. The lowest BCUT2D eigenvalue weighted by molar-refractivity contribution is -0.120. The Labute approximate surface area is 176 Å². The van der Waals surface area contributed by atoms with Crippen LogP contribution in [0.4, 0.5) is 5.69 Å². The fraction of sp³-hybridized carbons (Fsp3) is 0.280. The molecule has 0 amide bonds. The third kappa shape index (κ3) is 4.79. The number of fused-ring (bicyclic) bond motifs is 5. The number of Topliss-reactive ketones (excluding diaryl/α,β-unsaturated/α-hetero) is 2. The smallest absolute Gasteiger partial charge is 0.187 e. The van der Waals surface area contributed by atoms with Crippen LogP contribution in [0.2, 0.25) is 0 Å². The quantitative estimate of drug-likeness (QED) is 0.499. The Morgan fingerprint density at radius 3 is 2.17 bits per heavy atom. The molecule has 5 heteroatoms. The van der Waals surface area contributed by atoms with Gasteiger partial charge in [-0.2, -0.15) is 0 Å². The minimum atomic E-state index is -0.204. The zero-order chi connectivity index (χ0) is 20.8. The predicted molar refractivity (Wildman–Crippen MR) is 117 cm³/mol. The van der Waals surface area contributed by atoms with Gasteiger partial charge in [-0.05, 0) is 55.5 Å². The number of anilines is 1. The van der Waals surface area contributed by atoms with Gasteiger partial charge in [0.1, 0.15) is 11.5 Å². The molecule has 1 N–H and O–H groups in total. The van der Waals surface area contributed by atoms with Crippen LogP contribution in [0.3, 0.4) is 0 Å². The Balaban J connectivity index is 1.69. The summed E-state index contributed by atoms with van der Waals surface area (Å²) in [5.41, 5.74) is 2.15. The number of rotatable bonds is 0. The van der Waals surface area contributed by atoms with Crippen LogP contribution in [0.15, 0.2) is 66.4 Å². The lowest BCUT2D eigenvalue weighted by Gasteiger charge is -2.12. The molecule has 0 atom stereocenters. The first-order chi connectivity index (χ1) is 14.7. The summed E-state index contributed by atoms with van der Waals surface area (Å²) in [6.07, 6.45) is 8.00. The van der Waals surface area contributed by atoms with Gasteiger partial charge in [0.05, 0.1) is 30.9 Å². The van der Waals surface area contributed by atoms with Crippen LogP contribution in [-0.4, -0.2) is 24.8 Å². The van der Waals surface area contributed by atoms with Gasteiger partial charge in [-0.15, -0.1) is 0 Å². The van der Waals surface area contributed by atoms with Crippen molar-refractivity contribution in [1.29, 1.82) is 0 Å². The van der Waals surface area contributed by atoms with Crippen LogP contribution in [0.25, 0.3) is 5.57 Å². The third-order valence-corrected chi connectivity index (χ3v) is 5.09. The van der Waals surface area contributed by atoms with E-state index in [9.17, 15) is 9.59 Å². The first-order valence-electron chi connectivity index (χ1n) is 10.4. The summed E-state index contributed by atoms with van der Waals surface area (Å²) in [5.74, 6) is 1.05. The van der Waals surface area contributed by atoms with Gasteiger partial charge in [0.25, 0.3) is 0 Å². The summed E-state index contributed by atoms with van der Waals surface area (Å²) in [4.78, 5) is 25.2. The topological polar surface area (TPSA) is 64.6 Å². The molecule has 2 aromatic carbocycles. The molecule has 4 bridgehead atoms. The highest BCUT2D eigenvalue weighted by molar-refractivity contribution is 6.38. The first kappa shape index (κ1) is 20.0. The van der Waals surface area contributed by atoms with Crippen LogP contribution < -0.4 is 14.8 Å². The number of ketones is 2. The zero-order valence-corrected chi connectivity index (χ0v) is 16.9. The number of benzene rings is 2. The number of hydrogen-bond acceptors (Lipinski definition) is 5. The average molecular weight is 403 g/mol. The van der Waals surface area contributed by atoms with Crippen LogP contribution >= 0.6 is 0 Å². The number of ether oxygens (including phenoxy) is 2. The molecule has 1 heterocycles. The predicted octanol–water partition coefficient (Wildman–Crippen LogP) is 4.94. The monoisotopic (exact) mass is 403 g/mol. The second kappa shape index (κ2) is 9.44. The maximum absolute atomic E-state index is 12.6. The van der Waals surface area contributed by atoms with Crippen molar-refractivity contribution in [2.45, 2.75) is 32.1 Å². The van der Waals surface area contributed by atoms with Crippen molar-refractivity contribution < 1.29 is 19.1 Å². The number of hydrogen-bond donors (Lipinski definition) is 1. The van der Waals surface area contributed by atoms with E-state index in [0.29, 0.717) is 41.5 Å². The lowest BCUT2D eigenvalue weighted by Crippen LogP contribution is -2.08. The second-order valence-electron chi connectivity index (χ2n) is 7.41. The van der Waals surface area contributed by atoms with Crippen molar-refractivity contribution in [3.8, 4) is 11.5 Å². The van der Waals surface area contributed by atoms with E-state index in [-0.39, 0.29) is 18.0 Å². The number of allylic oxidation sites excluding steroid dienone is 4. The highest BCUT2D eigenvalue weighted by Crippen LogP contribution is 2.32. The molecule has 154 valence electrons. The molecule has 0 fully saturated rings. The molecular weight excluding hydrogens is 378 g/mol. The van der Waals surface area contributed by atoms with Crippen molar-refractivity contribution in [3.05, 3.63) is 71.9 Å². The fourth-order valence-electron chi connectivity index (χ4n) is 3.61. The minimum absolute atomic E-state index is 0.120. The van der Waals surface area contributed by atoms with Crippen molar-refractivity contribution in [2.75, 3.05) is 18.5 Å². The van der Waals surface area contributed by atoms with Gasteiger partial charge in [-0.3, -0.25) is 9.59 Å². The van der Waals surface area contributed by atoms with Gasteiger partial charge in [-0.25, -0.2) is 0 Å². The highest BCUT2D eigenvalue weighted by atomic mass is 16.5. The van der Waals surface area contributed by atoms with Crippen molar-refractivity contribution in [3.63, 3.8) is 0 Å². The van der Waals surface area contributed by atoms with E-state index in [4.69, 9.17) is 9.47 Å². The highest BCUT2D eigenvalue weighted by Gasteiger charge is 2.32. The van der Waals surface area contributed by atoms with E-state index >= 15 is 0 Å². The number of carbonyl (C=O) groups is 2. The Kier molecular flexibility index (Phi) is 6.28. The molecule has 0 unspecified atom stereocenters. The molecule has 0 saturated carbocycles. The van der Waals surface area contributed by atoms with Crippen LogP contribution in [0.1, 0.15) is 37.7 Å². The first-order valence-corrected chi connectivity index (χ1v) is 10.4. The molecule has 0 spiro atoms. The van der Waals surface area contributed by atoms with E-state index < -0.39 is 0 Å². The average Bonchev–Trinajstić information content (AvgIpc) is 3.02. The van der Waals surface area contributed by atoms with Gasteiger partial charge in [0, 0.05) is 11.8 Å². The summed E-state index contributed by atoms with van der Waals surface area (Å²) in [6.45, 7) is 1.22. The molecule has 30 heavy (non-hydrogen) atoms. The van der Waals surface area contributed by atoms with E-state index in [1.54, 1.807) is 0 Å². The SMILES string of the molecule is O=C1CC(=O)C2=C1Nc1cccc(c1)OCCC/C=C\CCCOc1cccc2c1. The Morgan fingerprint density at radius 2 is 1.43 bits per heavy atom. The molecular formula is C25H25NO4. The minimum Gasteiger partial charge on any atom is -0.494 e. The molecule has 4 rings (SSSR count). The normalized spacial score (nSPS) is 18.8. The van der Waals surface area contributed by atoms with E-state index in [1.807, 2.05) is 48.5 Å². The van der Waals surface area contributed by atoms with E-state index in [2.05, 4.69) is 17.5 Å². The van der Waals surface area contributed by atoms with Crippen molar-refractivity contribution >= 4 is 22.8 Å². The van der Waals surface area contributed by atoms with Gasteiger partial charge in [0.2, 0.25) is 0 Å². The van der Waals surface area contributed by atoms with Gasteiger partial charge in [0.15, 0.2) is 11.6 Å². The maximum Gasteiger partial charge on any atom is 0.187 e. The Bertz CT molecular complexity index is 1010. The largest absolute Gasteiger partial charge is 0.494 e. The van der Waals surface area contributed by atoms with Gasteiger partial charge in [-0.1, -0.05) is 30.4 Å². The molecule has 1 aliphatic carbocycles. The maximum atomic E-state index is 12.6.